The first kappa shape index (κ1) is 15.7. The van der Waals surface area contributed by atoms with Gasteiger partial charge in [-0.05, 0) is 62.1 Å². The van der Waals surface area contributed by atoms with E-state index in [4.69, 9.17) is 4.74 Å². The molecule has 0 saturated carbocycles. The maximum Gasteiger partial charge on any atom is 0.119 e. The fraction of sp³-hybridized carbons (Fsp3) is 0.400. The normalized spacial score (nSPS) is 14.7. The lowest BCUT2D eigenvalue weighted by Crippen LogP contribution is -2.31. The summed E-state index contributed by atoms with van der Waals surface area (Å²) in [6, 6.07) is 14.9. The summed E-state index contributed by atoms with van der Waals surface area (Å²) in [6.07, 6.45) is 3.94. The van der Waals surface area contributed by atoms with E-state index in [9.17, 15) is 0 Å². The van der Waals surface area contributed by atoms with E-state index in [1.165, 1.54) is 41.9 Å². The molecular weight excluding hydrogens is 284 g/mol. The summed E-state index contributed by atoms with van der Waals surface area (Å²) in [5.41, 5.74) is 5.15. The molecule has 2 aromatic carbocycles. The van der Waals surface area contributed by atoms with Crippen LogP contribution in [-0.2, 0) is 0 Å². The van der Waals surface area contributed by atoms with Gasteiger partial charge in [-0.2, -0.15) is 0 Å². The lowest BCUT2D eigenvalue weighted by molar-refractivity contribution is 0.415. The summed E-state index contributed by atoms with van der Waals surface area (Å²) >= 11 is 0. The van der Waals surface area contributed by atoms with Crippen molar-refractivity contribution in [3.05, 3.63) is 48.0 Å². The average molecular weight is 310 g/mol. The van der Waals surface area contributed by atoms with Gasteiger partial charge in [-0.15, -0.1) is 0 Å². The van der Waals surface area contributed by atoms with Gasteiger partial charge in [0, 0.05) is 25.8 Å². The van der Waals surface area contributed by atoms with Crippen molar-refractivity contribution in [1.82, 2.24) is 0 Å². The summed E-state index contributed by atoms with van der Waals surface area (Å²) in [7, 11) is 3.85. The van der Waals surface area contributed by atoms with Crippen molar-refractivity contribution in [3.8, 4) is 5.75 Å². The monoisotopic (exact) mass is 310 g/mol. The molecule has 1 saturated heterocycles. The molecule has 3 rings (SSSR count). The van der Waals surface area contributed by atoms with Crippen molar-refractivity contribution >= 4 is 17.1 Å². The third kappa shape index (κ3) is 3.29. The van der Waals surface area contributed by atoms with Crippen LogP contribution in [0.2, 0.25) is 0 Å². The molecule has 2 aromatic rings. The minimum absolute atomic E-state index is 0.892. The topological polar surface area (TPSA) is 15.7 Å². The molecule has 1 fully saturated rings. The zero-order chi connectivity index (χ0) is 16.2. The number of methoxy groups -OCH3 is 1. The molecule has 0 radical (unpaired) electrons. The summed E-state index contributed by atoms with van der Waals surface area (Å²) in [5.74, 6) is 0.892. The highest BCUT2D eigenvalue weighted by atomic mass is 16.5. The smallest absolute Gasteiger partial charge is 0.119 e. The quantitative estimate of drug-likeness (QED) is 0.809. The van der Waals surface area contributed by atoms with E-state index in [0.717, 1.165) is 18.8 Å². The number of nitrogens with zero attached hydrogens (tertiary/aromatic N) is 2. The highest BCUT2D eigenvalue weighted by molar-refractivity contribution is 5.80. The van der Waals surface area contributed by atoms with Crippen LogP contribution in [0.3, 0.4) is 0 Å². The predicted octanol–water partition coefficient (Wildman–Crippen LogP) is 4.76. The predicted molar refractivity (Wildman–Crippen MR) is 98.3 cm³/mol. The van der Waals surface area contributed by atoms with Crippen LogP contribution in [0.1, 0.15) is 24.8 Å². The van der Waals surface area contributed by atoms with Gasteiger partial charge in [-0.3, -0.25) is 0 Å². The van der Waals surface area contributed by atoms with Crippen molar-refractivity contribution < 1.29 is 4.74 Å². The molecule has 1 heterocycles. The minimum atomic E-state index is 0.892. The van der Waals surface area contributed by atoms with Crippen molar-refractivity contribution in [1.29, 1.82) is 0 Å². The van der Waals surface area contributed by atoms with Gasteiger partial charge in [0.25, 0.3) is 0 Å². The van der Waals surface area contributed by atoms with Crippen LogP contribution in [0, 0.1) is 6.92 Å². The molecular formula is C20H26N2O. The van der Waals surface area contributed by atoms with Crippen LogP contribution in [0.25, 0.3) is 0 Å². The summed E-state index contributed by atoms with van der Waals surface area (Å²) in [4.78, 5) is 4.82. The van der Waals surface area contributed by atoms with E-state index in [2.05, 4.69) is 54.1 Å². The standard InChI is InChI=1S/C20H26N2O/c1-16-8-7-9-19(22-14-5-4-6-15-22)20(16)21(2)17-10-12-18(23-3)13-11-17/h7-13H,4-6,14-15H2,1-3H3. The Labute approximate surface area is 139 Å². The number of ether oxygens (including phenoxy) is 1. The molecule has 0 spiro atoms. The molecule has 1 aliphatic heterocycles. The van der Waals surface area contributed by atoms with Crippen LogP contribution < -0.4 is 14.5 Å². The number of anilines is 3. The molecule has 0 N–H and O–H groups in total. The van der Waals surface area contributed by atoms with Gasteiger partial charge in [0.05, 0.1) is 18.5 Å². The van der Waals surface area contributed by atoms with Crippen molar-refractivity contribution in [2.45, 2.75) is 26.2 Å². The van der Waals surface area contributed by atoms with E-state index >= 15 is 0 Å². The molecule has 3 nitrogen and oxygen atoms in total. The summed E-state index contributed by atoms with van der Waals surface area (Å²) in [6.45, 7) is 4.52. The van der Waals surface area contributed by atoms with E-state index < -0.39 is 0 Å². The second-order valence-corrected chi connectivity index (χ2v) is 6.25. The summed E-state index contributed by atoms with van der Waals surface area (Å²) in [5, 5.41) is 0. The fourth-order valence-electron chi connectivity index (χ4n) is 3.40. The molecule has 0 unspecified atom stereocenters. The van der Waals surface area contributed by atoms with Gasteiger partial charge in [-0.1, -0.05) is 12.1 Å². The second-order valence-electron chi connectivity index (χ2n) is 6.25. The molecule has 23 heavy (non-hydrogen) atoms. The van der Waals surface area contributed by atoms with Gasteiger partial charge in [0.2, 0.25) is 0 Å². The lowest BCUT2D eigenvalue weighted by atomic mass is 10.1. The van der Waals surface area contributed by atoms with Gasteiger partial charge < -0.3 is 14.5 Å². The van der Waals surface area contributed by atoms with Gasteiger partial charge >= 0.3 is 0 Å². The van der Waals surface area contributed by atoms with Crippen LogP contribution >= 0.6 is 0 Å². The zero-order valence-corrected chi connectivity index (χ0v) is 14.4. The van der Waals surface area contributed by atoms with Crippen LogP contribution in [0.15, 0.2) is 42.5 Å². The highest BCUT2D eigenvalue weighted by Crippen LogP contribution is 2.37. The molecule has 1 aliphatic rings. The zero-order valence-electron chi connectivity index (χ0n) is 14.4. The number of hydrogen-bond acceptors (Lipinski definition) is 3. The van der Waals surface area contributed by atoms with E-state index in [-0.39, 0.29) is 0 Å². The van der Waals surface area contributed by atoms with Crippen molar-refractivity contribution in [2.75, 3.05) is 37.0 Å². The molecule has 0 amide bonds. The first-order chi connectivity index (χ1) is 11.2. The molecule has 0 aromatic heterocycles. The molecule has 122 valence electrons. The van der Waals surface area contributed by atoms with Gasteiger partial charge in [0.15, 0.2) is 0 Å². The Balaban J connectivity index is 1.96. The Morgan fingerprint density at radius 1 is 0.957 bits per heavy atom. The van der Waals surface area contributed by atoms with Crippen molar-refractivity contribution in [2.24, 2.45) is 0 Å². The molecule has 0 bridgehead atoms. The largest absolute Gasteiger partial charge is 0.497 e. The molecule has 0 aliphatic carbocycles. The number of para-hydroxylation sites is 1. The molecule has 0 atom stereocenters. The summed E-state index contributed by atoms with van der Waals surface area (Å²) < 4.78 is 5.27. The van der Waals surface area contributed by atoms with E-state index in [0.29, 0.717) is 0 Å². The van der Waals surface area contributed by atoms with Gasteiger partial charge in [-0.25, -0.2) is 0 Å². The van der Waals surface area contributed by atoms with Crippen LogP contribution in [-0.4, -0.2) is 27.2 Å². The Morgan fingerprint density at radius 3 is 2.30 bits per heavy atom. The molecule has 3 heteroatoms. The highest BCUT2D eigenvalue weighted by Gasteiger charge is 2.18. The van der Waals surface area contributed by atoms with Crippen LogP contribution in [0.4, 0.5) is 17.1 Å². The number of benzene rings is 2. The maximum absolute atomic E-state index is 5.27. The van der Waals surface area contributed by atoms with Gasteiger partial charge in [0.1, 0.15) is 5.75 Å². The lowest BCUT2D eigenvalue weighted by Gasteiger charge is -2.34. The van der Waals surface area contributed by atoms with Crippen molar-refractivity contribution in [3.63, 3.8) is 0 Å². The number of piperidine rings is 1. The van der Waals surface area contributed by atoms with Crippen LogP contribution in [0.5, 0.6) is 5.75 Å². The average Bonchev–Trinajstić information content (AvgIpc) is 2.62. The third-order valence-electron chi connectivity index (χ3n) is 4.71. The Kier molecular flexibility index (Phi) is 4.75. The third-order valence-corrected chi connectivity index (χ3v) is 4.71. The SMILES string of the molecule is COc1ccc(N(C)c2c(C)cccc2N2CCCCC2)cc1. The Morgan fingerprint density at radius 2 is 1.65 bits per heavy atom. The minimum Gasteiger partial charge on any atom is -0.497 e. The second kappa shape index (κ2) is 6.95. The van der Waals surface area contributed by atoms with E-state index in [1.54, 1.807) is 7.11 Å². The Bertz CT molecular complexity index is 645. The Hall–Kier alpha value is -2.16. The number of aryl methyl sites for hydroxylation is 1. The first-order valence-corrected chi connectivity index (χ1v) is 8.43. The van der Waals surface area contributed by atoms with E-state index in [1.807, 2.05) is 12.1 Å². The first-order valence-electron chi connectivity index (χ1n) is 8.43. The maximum atomic E-state index is 5.27. The fourth-order valence-corrected chi connectivity index (χ4v) is 3.40. The number of rotatable bonds is 4. The number of hydrogen-bond donors (Lipinski definition) is 0.